The van der Waals surface area contributed by atoms with E-state index in [-0.39, 0.29) is 62.2 Å². The van der Waals surface area contributed by atoms with Crippen molar-refractivity contribution in [1.29, 1.82) is 0 Å². The average Bonchev–Trinajstić information content (AvgIpc) is 2.90. The minimum absolute atomic E-state index is 0. The Labute approximate surface area is 263 Å². The maximum atomic E-state index is 13.5. The summed E-state index contributed by atoms with van der Waals surface area (Å²) in [4.78, 5) is 12.7. The van der Waals surface area contributed by atoms with Crippen molar-refractivity contribution in [2.24, 2.45) is 10.2 Å². The first-order valence-electron chi connectivity index (χ1n) is 11.7. The number of azo groups is 1. The smallest absolute Gasteiger partial charge is 0.870 e. The van der Waals surface area contributed by atoms with E-state index < -0.39 is 26.7 Å². The van der Waals surface area contributed by atoms with Gasteiger partial charge in [0, 0.05) is 10.9 Å². The van der Waals surface area contributed by atoms with E-state index in [1.165, 1.54) is 12.1 Å². The van der Waals surface area contributed by atoms with Crippen LogP contribution in [0.3, 0.4) is 0 Å². The molecule has 40 heavy (non-hydrogen) atoms. The molecule has 4 aromatic rings. The van der Waals surface area contributed by atoms with Crippen molar-refractivity contribution < 1.29 is 57.2 Å². The zero-order valence-corrected chi connectivity index (χ0v) is 26.1. The predicted octanol–water partition coefficient (Wildman–Crippen LogP) is 4.10. The molecule has 0 saturated carbocycles. The molecule has 1 amide bonds. The number of carbonyl (C=O) groups excluding carboxylic acids is 1. The van der Waals surface area contributed by atoms with Gasteiger partial charge in [-0.1, -0.05) is 66.2 Å². The van der Waals surface area contributed by atoms with Crippen LogP contribution in [0.4, 0.5) is 17.1 Å². The van der Waals surface area contributed by atoms with E-state index >= 15 is 0 Å². The summed E-state index contributed by atoms with van der Waals surface area (Å²) in [7, 11) is -4.64. The largest absolute Gasteiger partial charge is 1.00 e. The Hall–Kier alpha value is -2.70. The second-order valence-electron chi connectivity index (χ2n) is 8.27. The standard InChI is InChI=1S/C27H23Cl2N3O6S.Na/c1-3-15-12-17(14-22(23(15)28)39(35,36)37)31-32-25-18-9-6-5-8-16(18)13-19(26(25)33)27(34)30-20-10-7-11-21(24(20)29)38-4-2;/h5-14,33H,3-4H2,1-2H3,(H,30,34)(H,35,36,37);/q;+1/p-1. The molecular weight excluding hydrogens is 588 g/mol. The molecule has 0 bridgehead atoms. The van der Waals surface area contributed by atoms with Crippen LogP contribution < -0.4 is 44.7 Å². The Morgan fingerprint density at radius 3 is 2.42 bits per heavy atom. The first-order valence-corrected chi connectivity index (χ1v) is 13.9. The van der Waals surface area contributed by atoms with E-state index in [1.807, 2.05) is 0 Å². The first kappa shape index (κ1) is 31.8. The number of anilines is 1. The van der Waals surface area contributed by atoms with Gasteiger partial charge >= 0.3 is 29.6 Å². The summed E-state index contributed by atoms with van der Waals surface area (Å²) in [5.41, 5.74) is 0.377. The van der Waals surface area contributed by atoms with E-state index in [9.17, 15) is 22.9 Å². The van der Waals surface area contributed by atoms with Crippen molar-refractivity contribution in [3.8, 4) is 11.5 Å². The van der Waals surface area contributed by atoms with Crippen LogP contribution in [0, 0.1) is 0 Å². The summed E-state index contributed by atoms with van der Waals surface area (Å²) in [5.74, 6) is -1.04. The summed E-state index contributed by atoms with van der Waals surface area (Å²) in [5, 5.41) is 25.3. The molecule has 0 unspecified atom stereocenters. The van der Waals surface area contributed by atoms with Crippen molar-refractivity contribution in [1.82, 2.24) is 0 Å². The van der Waals surface area contributed by atoms with E-state index in [1.54, 1.807) is 56.3 Å². The Kier molecular flexibility index (Phi) is 10.6. The molecule has 4 rings (SSSR count). The normalized spacial score (nSPS) is 11.4. The summed E-state index contributed by atoms with van der Waals surface area (Å²) >= 11 is 12.5. The molecule has 4 aromatic carbocycles. The summed E-state index contributed by atoms with van der Waals surface area (Å²) in [6.07, 6.45) is 0.350. The molecule has 0 atom stereocenters. The third-order valence-corrected chi connectivity index (χ3v) is 7.58. The molecule has 0 aliphatic carbocycles. The van der Waals surface area contributed by atoms with Gasteiger partial charge in [-0.25, -0.2) is 0 Å². The predicted molar refractivity (Wildman–Crippen MR) is 149 cm³/mol. The van der Waals surface area contributed by atoms with Crippen LogP contribution in [-0.2, 0) is 16.5 Å². The molecule has 0 heterocycles. The molecule has 0 fully saturated rings. The third kappa shape index (κ3) is 6.77. The number of ether oxygens (including phenoxy) is 1. The number of rotatable bonds is 8. The van der Waals surface area contributed by atoms with Crippen molar-refractivity contribution in [2.75, 3.05) is 11.9 Å². The number of halogens is 2. The van der Waals surface area contributed by atoms with Crippen LogP contribution in [0.15, 0.2) is 75.8 Å². The number of hydrogen-bond acceptors (Lipinski definition) is 7. The molecule has 0 saturated heterocycles. The maximum Gasteiger partial charge on any atom is 1.00 e. The zero-order chi connectivity index (χ0) is 28.3. The van der Waals surface area contributed by atoms with E-state index in [0.717, 1.165) is 6.07 Å². The van der Waals surface area contributed by atoms with Gasteiger partial charge in [0.05, 0.1) is 28.7 Å². The van der Waals surface area contributed by atoms with Crippen LogP contribution in [-0.4, -0.2) is 25.5 Å². The Balaban J connectivity index is 0.00000441. The van der Waals surface area contributed by atoms with Gasteiger partial charge in [0.15, 0.2) is 0 Å². The number of aryl methyl sites for hydroxylation is 1. The minimum Gasteiger partial charge on any atom is -0.870 e. The van der Waals surface area contributed by atoms with Gasteiger partial charge in [0.1, 0.15) is 15.7 Å². The van der Waals surface area contributed by atoms with Gasteiger partial charge in [0.25, 0.3) is 16.0 Å². The summed E-state index contributed by atoms with van der Waals surface area (Å²) in [6, 6.07) is 15.7. The van der Waals surface area contributed by atoms with E-state index in [0.29, 0.717) is 35.1 Å². The molecule has 2 N–H and O–H groups in total. The second-order valence-corrected chi connectivity index (χ2v) is 10.4. The van der Waals surface area contributed by atoms with Gasteiger partial charge in [-0.15, -0.1) is 0 Å². The van der Waals surface area contributed by atoms with Crippen molar-refractivity contribution in [3.05, 3.63) is 81.8 Å². The van der Waals surface area contributed by atoms with Crippen molar-refractivity contribution in [3.63, 3.8) is 0 Å². The number of nitrogens with one attached hydrogen (secondary N) is 1. The Morgan fingerprint density at radius 1 is 1.02 bits per heavy atom. The van der Waals surface area contributed by atoms with Gasteiger partial charge in [-0.2, -0.15) is 18.6 Å². The van der Waals surface area contributed by atoms with Crippen LogP contribution in [0.25, 0.3) is 10.8 Å². The van der Waals surface area contributed by atoms with Gasteiger partial charge < -0.3 is 15.2 Å². The fourth-order valence-corrected chi connectivity index (χ4v) is 5.28. The number of amides is 1. The SMILES string of the molecule is CCOc1cccc(NC(=O)c2cc3ccccc3c(N=Nc3cc(CC)c(Cl)c(S(=O)(=O)O)c3)c2[O-])c1Cl.[Na+]. The van der Waals surface area contributed by atoms with Gasteiger partial charge in [0.2, 0.25) is 0 Å². The number of carbonyl (C=O) groups is 1. The van der Waals surface area contributed by atoms with E-state index in [4.69, 9.17) is 27.9 Å². The fraction of sp³-hybridized carbons (Fsp3) is 0.148. The molecule has 13 heteroatoms. The zero-order valence-electron chi connectivity index (χ0n) is 21.7. The number of fused-ring (bicyclic) bond motifs is 1. The first-order chi connectivity index (χ1) is 18.5. The minimum atomic E-state index is -4.64. The molecule has 9 nitrogen and oxygen atoms in total. The fourth-order valence-electron chi connectivity index (χ4n) is 3.89. The van der Waals surface area contributed by atoms with Crippen LogP contribution >= 0.6 is 23.2 Å². The molecule has 0 spiro atoms. The summed E-state index contributed by atoms with van der Waals surface area (Å²) < 4.78 is 38.7. The molecule has 0 aliphatic heterocycles. The number of benzene rings is 4. The Bertz CT molecular complexity index is 1730. The molecular formula is C27H22Cl2N3NaO6S. The van der Waals surface area contributed by atoms with Crippen LogP contribution in [0.5, 0.6) is 11.5 Å². The molecule has 0 aliphatic rings. The van der Waals surface area contributed by atoms with Crippen molar-refractivity contribution >= 4 is 67.1 Å². The topological polar surface area (TPSA) is 140 Å². The Morgan fingerprint density at radius 2 is 1.75 bits per heavy atom. The van der Waals surface area contributed by atoms with Crippen molar-refractivity contribution in [2.45, 2.75) is 25.2 Å². The molecule has 0 radical (unpaired) electrons. The van der Waals surface area contributed by atoms with Crippen LogP contribution in [0.1, 0.15) is 29.8 Å². The quantitative estimate of drug-likeness (QED) is 0.175. The average molecular weight is 610 g/mol. The third-order valence-electron chi connectivity index (χ3n) is 5.76. The maximum absolute atomic E-state index is 13.5. The van der Waals surface area contributed by atoms with Gasteiger partial charge in [-0.3, -0.25) is 9.35 Å². The number of hydrogen-bond donors (Lipinski definition) is 2. The monoisotopic (exact) mass is 609 g/mol. The summed E-state index contributed by atoms with van der Waals surface area (Å²) in [6.45, 7) is 3.92. The molecule has 202 valence electrons. The second kappa shape index (κ2) is 13.3. The number of nitrogens with zero attached hydrogens (tertiary/aromatic N) is 2. The van der Waals surface area contributed by atoms with E-state index in [2.05, 4.69) is 15.5 Å². The molecule has 0 aromatic heterocycles. The van der Waals surface area contributed by atoms with Crippen LogP contribution in [0.2, 0.25) is 10.0 Å². The van der Waals surface area contributed by atoms with Gasteiger partial charge in [-0.05, 0) is 54.6 Å².